The van der Waals surface area contributed by atoms with Gasteiger partial charge in [-0.05, 0) is 36.1 Å². The van der Waals surface area contributed by atoms with E-state index >= 15 is 0 Å². The first kappa shape index (κ1) is 16.3. The molecule has 0 aliphatic carbocycles. The lowest BCUT2D eigenvalue weighted by atomic mass is 9.98. The number of nitrogens with one attached hydrogen (secondary N) is 1. The maximum atomic E-state index is 11.9. The van der Waals surface area contributed by atoms with Crippen molar-refractivity contribution < 1.29 is 0 Å². The summed E-state index contributed by atoms with van der Waals surface area (Å²) in [5.41, 5.74) is 4.47. The molecule has 2 heterocycles. The molecule has 1 N–H and O–H groups in total. The van der Waals surface area contributed by atoms with Gasteiger partial charge in [0.15, 0.2) is 0 Å². The number of aryl methyl sites for hydroxylation is 1. The second-order valence-electron chi connectivity index (χ2n) is 6.36. The summed E-state index contributed by atoms with van der Waals surface area (Å²) < 4.78 is 2.12. The van der Waals surface area contributed by atoms with Crippen molar-refractivity contribution in [1.29, 1.82) is 0 Å². The molecule has 0 radical (unpaired) electrons. The Kier molecular flexibility index (Phi) is 4.35. The molecule has 2 aromatic heterocycles. The number of aromatic nitrogens is 4. The number of imidazole rings is 1. The van der Waals surface area contributed by atoms with E-state index in [1.165, 1.54) is 11.1 Å². The summed E-state index contributed by atoms with van der Waals surface area (Å²) in [4.78, 5) is 23.6. The monoisotopic (exact) mass is 344 g/mol. The number of aromatic amines is 1. The van der Waals surface area contributed by atoms with Gasteiger partial charge in [-0.1, -0.05) is 43.3 Å². The fraction of sp³-hybridized carbons (Fsp3) is 0.190. The summed E-state index contributed by atoms with van der Waals surface area (Å²) in [5, 5.41) is 0. The molecule has 0 saturated heterocycles. The fourth-order valence-corrected chi connectivity index (χ4v) is 3.28. The van der Waals surface area contributed by atoms with Crippen LogP contribution in [0.15, 0.2) is 72.0 Å². The Morgan fingerprint density at radius 3 is 2.73 bits per heavy atom. The molecular formula is C21H20N4O. The van der Waals surface area contributed by atoms with Crippen LogP contribution in [0.1, 0.15) is 29.8 Å². The summed E-state index contributed by atoms with van der Waals surface area (Å²) in [6, 6.07) is 16.6. The Hall–Kier alpha value is -3.21. The van der Waals surface area contributed by atoms with Gasteiger partial charge in [0.2, 0.25) is 0 Å². The largest absolute Gasteiger partial charge is 0.330 e. The lowest BCUT2D eigenvalue weighted by molar-refractivity contribution is 0.581. The predicted octanol–water partition coefficient (Wildman–Crippen LogP) is 3.51. The van der Waals surface area contributed by atoms with Crippen LogP contribution in [0, 0.1) is 0 Å². The molecule has 0 amide bonds. The SMILES string of the molecule is CCc1nc2cc(CC(c3ccccc3)n3ccnc3)ccc2[nH]c1=O. The zero-order chi connectivity index (χ0) is 17.9. The minimum Gasteiger partial charge on any atom is -0.330 e. The first-order valence-corrected chi connectivity index (χ1v) is 8.79. The number of rotatable bonds is 5. The van der Waals surface area contributed by atoms with Gasteiger partial charge in [0.05, 0.1) is 23.4 Å². The van der Waals surface area contributed by atoms with Crippen LogP contribution in [0.2, 0.25) is 0 Å². The number of hydrogen-bond acceptors (Lipinski definition) is 3. The van der Waals surface area contributed by atoms with Crippen LogP contribution in [-0.4, -0.2) is 19.5 Å². The number of benzene rings is 2. The second kappa shape index (κ2) is 6.96. The van der Waals surface area contributed by atoms with Crippen molar-refractivity contribution in [3.63, 3.8) is 0 Å². The third-order valence-corrected chi connectivity index (χ3v) is 4.66. The maximum absolute atomic E-state index is 11.9. The Morgan fingerprint density at radius 2 is 2.00 bits per heavy atom. The zero-order valence-electron chi connectivity index (χ0n) is 14.6. The van der Waals surface area contributed by atoms with E-state index in [1.807, 2.05) is 31.6 Å². The number of hydrogen-bond donors (Lipinski definition) is 1. The first-order valence-electron chi connectivity index (χ1n) is 8.79. The van der Waals surface area contributed by atoms with Crippen LogP contribution in [0.5, 0.6) is 0 Å². The summed E-state index contributed by atoms with van der Waals surface area (Å²) in [6.07, 6.45) is 7.08. The molecule has 4 aromatic rings. The van der Waals surface area contributed by atoms with Crippen molar-refractivity contribution in [3.05, 3.63) is 94.4 Å². The summed E-state index contributed by atoms with van der Waals surface area (Å²) >= 11 is 0. The molecular weight excluding hydrogens is 324 g/mol. The van der Waals surface area contributed by atoms with Crippen molar-refractivity contribution in [2.24, 2.45) is 0 Å². The van der Waals surface area contributed by atoms with Crippen molar-refractivity contribution >= 4 is 11.0 Å². The molecule has 0 aliphatic heterocycles. The maximum Gasteiger partial charge on any atom is 0.270 e. The van der Waals surface area contributed by atoms with Gasteiger partial charge in [-0.3, -0.25) is 4.79 Å². The van der Waals surface area contributed by atoms with E-state index in [9.17, 15) is 4.79 Å². The smallest absolute Gasteiger partial charge is 0.270 e. The van der Waals surface area contributed by atoms with Crippen LogP contribution in [-0.2, 0) is 12.8 Å². The highest BCUT2D eigenvalue weighted by Crippen LogP contribution is 2.24. The van der Waals surface area contributed by atoms with Crippen LogP contribution >= 0.6 is 0 Å². The molecule has 5 heteroatoms. The minimum absolute atomic E-state index is 0.103. The highest BCUT2D eigenvalue weighted by atomic mass is 16.1. The molecule has 1 unspecified atom stereocenters. The number of H-pyrrole nitrogens is 1. The molecule has 130 valence electrons. The van der Waals surface area contributed by atoms with Crippen LogP contribution in [0.3, 0.4) is 0 Å². The van der Waals surface area contributed by atoms with E-state index in [1.54, 1.807) is 6.20 Å². The molecule has 5 nitrogen and oxygen atoms in total. The molecule has 1 atom stereocenters. The van der Waals surface area contributed by atoms with Crippen LogP contribution in [0.4, 0.5) is 0 Å². The molecule has 26 heavy (non-hydrogen) atoms. The summed E-state index contributed by atoms with van der Waals surface area (Å²) in [7, 11) is 0. The Balaban J connectivity index is 1.73. The quantitative estimate of drug-likeness (QED) is 0.602. The third-order valence-electron chi connectivity index (χ3n) is 4.66. The molecule has 0 bridgehead atoms. The van der Waals surface area contributed by atoms with Gasteiger partial charge in [-0.15, -0.1) is 0 Å². The average Bonchev–Trinajstić information content (AvgIpc) is 3.21. The predicted molar refractivity (Wildman–Crippen MR) is 102 cm³/mol. The highest BCUT2D eigenvalue weighted by Gasteiger charge is 2.14. The highest BCUT2D eigenvalue weighted by molar-refractivity contribution is 5.74. The van der Waals surface area contributed by atoms with Gasteiger partial charge >= 0.3 is 0 Å². The van der Waals surface area contributed by atoms with Crippen molar-refractivity contribution in [3.8, 4) is 0 Å². The second-order valence-corrected chi connectivity index (χ2v) is 6.36. The Labute approximate surface area is 151 Å². The molecule has 2 aromatic carbocycles. The molecule has 4 rings (SSSR count). The normalized spacial score (nSPS) is 12.3. The van der Waals surface area contributed by atoms with Gasteiger partial charge in [0.25, 0.3) is 5.56 Å². The molecule has 0 saturated carbocycles. The van der Waals surface area contributed by atoms with Crippen LogP contribution in [0.25, 0.3) is 11.0 Å². The zero-order valence-corrected chi connectivity index (χ0v) is 14.6. The first-order chi connectivity index (χ1) is 12.7. The fourth-order valence-electron chi connectivity index (χ4n) is 3.28. The standard InChI is InChI=1S/C21H20N4O/c1-2-17-21(26)24-18-9-8-15(12-19(18)23-17)13-20(25-11-10-22-14-25)16-6-4-3-5-7-16/h3-12,14,20H,2,13H2,1H3,(H,24,26). The molecule has 0 fully saturated rings. The van der Waals surface area contributed by atoms with Crippen molar-refractivity contribution in [1.82, 2.24) is 19.5 Å². The van der Waals surface area contributed by atoms with E-state index < -0.39 is 0 Å². The van der Waals surface area contributed by atoms with E-state index in [2.05, 4.69) is 55.9 Å². The van der Waals surface area contributed by atoms with E-state index in [-0.39, 0.29) is 11.6 Å². The summed E-state index contributed by atoms with van der Waals surface area (Å²) in [5.74, 6) is 0. The average molecular weight is 344 g/mol. The van der Waals surface area contributed by atoms with Crippen molar-refractivity contribution in [2.45, 2.75) is 25.8 Å². The lowest BCUT2D eigenvalue weighted by Crippen LogP contribution is -2.15. The minimum atomic E-state index is -0.103. The van der Waals surface area contributed by atoms with E-state index in [0.717, 1.165) is 17.5 Å². The van der Waals surface area contributed by atoms with Gasteiger partial charge in [0.1, 0.15) is 5.69 Å². The van der Waals surface area contributed by atoms with Gasteiger partial charge in [0, 0.05) is 12.4 Å². The Morgan fingerprint density at radius 1 is 1.15 bits per heavy atom. The topological polar surface area (TPSA) is 63.6 Å². The van der Waals surface area contributed by atoms with Crippen LogP contribution < -0.4 is 5.56 Å². The number of fused-ring (bicyclic) bond motifs is 1. The molecule has 0 spiro atoms. The van der Waals surface area contributed by atoms with E-state index in [0.29, 0.717) is 12.1 Å². The summed E-state index contributed by atoms with van der Waals surface area (Å²) in [6.45, 7) is 1.94. The molecule has 0 aliphatic rings. The van der Waals surface area contributed by atoms with Gasteiger partial charge in [-0.2, -0.15) is 0 Å². The van der Waals surface area contributed by atoms with Gasteiger partial charge in [-0.25, -0.2) is 9.97 Å². The number of nitrogens with zero attached hydrogens (tertiary/aromatic N) is 3. The third kappa shape index (κ3) is 3.16. The lowest BCUT2D eigenvalue weighted by Gasteiger charge is -2.19. The van der Waals surface area contributed by atoms with Gasteiger partial charge < -0.3 is 9.55 Å². The van der Waals surface area contributed by atoms with Crippen molar-refractivity contribution in [2.75, 3.05) is 0 Å². The Bertz CT molecular complexity index is 1070. The van der Waals surface area contributed by atoms with E-state index in [4.69, 9.17) is 0 Å².